The van der Waals surface area contributed by atoms with Crippen molar-refractivity contribution in [2.75, 3.05) is 71.3 Å². The number of halogens is 2. The van der Waals surface area contributed by atoms with E-state index in [9.17, 15) is 15.6 Å². The van der Waals surface area contributed by atoms with Crippen molar-refractivity contribution in [2.24, 2.45) is 7.05 Å². The number of aryl methyl sites for hydroxylation is 2. The van der Waals surface area contributed by atoms with Crippen LogP contribution in [0.1, 0.15) is 83.5 Å². The molecule has 2 amide bonds. The zero-order valence-corrected chi connectivity index (χ0v) is 38.0. The number of aromatic nitrogens is 5. The maximum absolute atomic E-state index is 13.4. The molecule has 62 heavy (non-hydrogen) atoms. The van der Waals surface area contributed by atoms with E-state index >= 15 is 0 Å². The number of nitrogens with one attached hydrogen (secondary N) is 4. The van der Waals surface area contributed by atoms with Gasteiger partial charge in [0.05, 0.1) is 52.9 Å². The van der Waals surface area contributed by atoms with Crippen molar-refractivity contribution < 1.29 is 53.7 Å². The number of amides is 2. The Bertz CT molecular complexity index is 2190. The van der Waals surface area contributed by atoms with Crippen LogP contribution in [0.5, 0.6) is 0 Å². The molecule has 1 saturated heterocycles. The van der Waals surface area contributed by atoms with Crippen LogP contribution in [0.25, 0.3) is 6.08 Å². The molecule has 17 heteroatoms. The number of ether oxygens (including phenoxy) is 4. The van der Waals surface area contributed by atoms with Crippen molar-refractivity contribution in [2.45, 2.75) is 63.8 Å². The molecule has 1 saturated carbocycles. The van der Waals surface area contributed by atoms with E-state index in [4.69, 9.17) is 23.9 Å². The van der Waals surface area contributed by atoms with Crippen LogP contribution in [0.2, 0.25) is 0 Å². The maximum atomic E-state index is 13.4. The van der Waals surface area contributed by atoms with Gasteiger partial charge in [-0.05, 0) is 42.2 Å². The Kier molecular flexibility index (Phi) is 18.0. The normalized spacial score (nSPS) is 14.8. The third-order valence-corrected chi connectivity index (χ3v) is 12.3. The first kappa shape index (κ1) is 47.0. The quantitative estimate of drug-likeness (QED) is 0.0354. The molecule has 4 N–H and O–H groups in total. The molecular formula is C45H58F2N8NbO6. The van der Waals surface area contributed by atoms with Gasteiger partial charge in [-0.1, -0.05) is 18.2 Å². The van der Waals surface area contributed by atoms with Crippen LogP contribution in [-0.4, -0.2) is 106 Å². The number of aromatic amines is 1. The summed E-state index contributed by atoms with van der Waals surface area (Å²) in [6.45, 7) is 8.85. The zero-order valence-electron chi connectivity index (χ0n) is 35.8. The van der Waals surface area contributed by atoms with Crippen molar-refractivity contribution >= 4 is 27.3 Å². The number of hydrogen-bond donors (Lipinski definition) is 4. The predicted molar refractivity (Wildman–Crippen MR) is 230 cm³/mol. The predicted octanol–water partition coefficient (Wildman–Crippen LogP) is 5.61. The van der Waals surface area contributed by atoms with E-state index in [2.05, 4.69) is 37.2 Å². The summed E-state index contributed by atoms with van der Waals surface area (Å²) in [4.78, 5) is 33.7. The summed E-state index contributed by atoms with van der Waals surface area (Å²) in [6.07, 6.45) is 10.6. The van der Waals surface area contributed by atoms with E-state index in [0.717, 1.165) is 52.4 Å². The molecule has 0 bridgehead atoms. The third kappa shape index (κ3) is 14.5. The number of nitrogens with zero attached hydrogens (tertiary/aromatic N) is 4. The Labute approximate surface area is 369 Å². The van der Waals surface area contributed by atoms with Crippen LogP contribution in [-0.2, 0) is 74.7 Å². The Morgan fingerprint density at radius 2 is 1.76 bits per heavy atom. The van der Waals surface area contributed by atoms with Gasteiger partial charge in [0, 0.05) is 55.8 Å². The van der Waals surface area contributed by atoms with Crippen LogP contribution in [0.3, 0.4) is 0 Å². The summed E-state index contributed by atoms with van der Waals surface area (Å²) in [7, 11) is 1.94. The van der Waals surface area contributed by atoms with Gasteiger partial charge in [-0.3, -0.25) is 4.79 Å². The average Bonchev–Trinajstić information content (AvgIpc) is 3.86. The van der Waals surface area contributed by atoms with Crippen molar-refractivity contribution in [3.63, 3.8) is 0 Å². The summed E-state index contributed by atoms with van der Waals surface area (Å²) in [5, 5.41) is 17.6. The van der Waals surface area contributed by atoms with Gasteiger partial charge in [0.1, 0.15) is 17.8 Å². The molecule has 6 rings (SSSR count). The number of carbonyl (C=O) groups excluding carboxylic acids is 2. The first-order valence-electron chi connectivity index (χ1n) is 21.1. The molecule has 14 nitrogen and oxygen atoms in total. The second-order valence-corrected chi connectivity index (χ2v) is 18.6. The fourth-order valence-corrected chi connectivity index (χ4v) is 7.70. The fourth-order valence-electron chi connectivity index (χ4n) is 6.96. The first-order valence-corrected chi connectivity index (χ1v) is 23.9. The standard InChI is InChI=1S/C45H58N8O6.2FH.Nb/c1-4-6-33(2)9-13-37-14-15-38(49-37)16-18-42(54)47-20-22-57-24-26-58-25-23-56-21-19-46-29-35-12-17-40(51-43(35)34-10-11-34)44(55)50-39-8-5-7-36(27-39)45(30-59-31-45)28-41-52-48-32-53(41)3;;;/h5-9,12-15,17,27,32,34,46,49H,10-11,16,18-26,28-31H2,1-3H3,(H,47,54)(H,50,55);2*1H;/q;;;+2/p-2/b13-9?,33-6-;;;. The summed E-state index contributed by atoms with van der Waals surface area (Å²) >= 11 is -4.16. The van der Waals surface area contributed by atoms with Crippen LogP contribution in [0.4, 0.5) is 11.7 Å². The molecule has 0 radical (unpaired) electrons. The molecule has 0 atom stereocenters. The summed E-state index contributed by atoms with van der Waals surface area (Å²) in [6, 6.07) is 15.6. The van der Waals surface area contributed by atoms with Gasteiger partial charge in [-0.25, -0.2) is 4.98 Å². The van der Waals surface area contributed by atoms with Gasteiger partial charge in [-0.15, -0.1) is 10.2 Å². The molecule has 2 fully saturated rings. The number of carbonyl (C=O) groups is 2. The Morgan fingerprint density at radius 1 is 1.00 bits per heavy atom. The first-order chi connectivity index (χ1) is 30.1. The summed E-state index contributed by atoms with van der Waals surface area (Å²) in [5.41, 5.74) is 6.61. The summed E-state index contributed by atoms with van der Waals surface area (Å²) < 4.78 is 50.4. The summed E-state index contributed by atoms with van der Waals surface area (Å²) in [5.74, 6) is 0.961. The van der Waals surface area contributed by atoms with Crippen LogP contribution in [0.15, 0.2) is 72.6 Å². The monoisotopic (exact) mass is 937 g/mol. The van der Waals surface area contributed by atoms with Gasteiger partial charge in [0.15, 0.2) is 0 Å². The van der Waals surface area contributed by atoms with Gasteiger partial charge >= 0.3 is 124 Å². The molecule has 2 aliphatic rings. The van der Waals surface area contributed by atoms with Gasteiger partial charge in [0.2, 0.25) is 0 Å². The number of benzene rings is 1. The molecule has 1 aliphatic heterocycles. The van der Waals surface area contributed by atoms with Crippen molar-refractivity contribution in [1.82, 2.24) is 35.4 Å². The molecule has 4 heterocycles. The number of rotatable bonds is 26. The number of allylic oxidation sites excluding steroid dienone is 3. The second-order valence-electron chi connectivity index (χ2n) is 15.8. The number of H-pyrrole nitrogens is 1. The van der Waals surface area contributed by atoms with Crippen LogP contribution < -0.4 is 16.0 Å². The number of anilines is 1. The van der Waals surface area contributed by atoms with Gasteiger partial charge in [0.25, 0.3) is 5.91 Å². The molecule has 1 aliphatic carbocycles. The minimum atomic E-state index is -4.16. The van der Waals surface area contributed by atoms with Gasteiger partial charge in [-0.2, -0.15) is 0 Å². The van der Waals surface area contributed by atoms with E-state index < -0.39 is 19.1 Å². The van der Waals surface area contributed by atoms with Crippen molar-refractivity contribution in [3.8, 4) is 0 Å². The van der Waals surface area contributed by atoms with E-state index in [1.807, 2.05) is 54.1 Å². The Hall–Kier alpha value is -4.52. The Balaban J connectivity index is 0.790. The van der Waals surface area contributed by atoms with E-state index in [1.165, 1.54) is 6.92 Å². The topological polar surface area (TPSA) is 167 Å². The molecule has 3 aromatic heterocycles. The van der Waals surface area contributed by atoms with Gasteiger partial charge < -0.3 is 34.1 Å². The van der Waals surface area contributed by atoms with E-state index in [1.54, 1.807) is 31.5 Å². The van der Waals surface area contributed by atoms with E-state index in [-0.39, 0.29) is 21.0 Å². The van der Waals surface area contributed by atoms with Crippen LogP contribution in [0, 0.1) is 0 Å². The molecule has 1 aromatic carbocycles. The third-order valence-electron chi connectivity index (χ3n) is 10.7. The number of pyridine rings is 1. The minimum absolute atomic E-state index is 0.0634. The van der Waals surface area contributed by atoms with Crippen molar-refractivity contribution in [1.29, 1.82) is 0 Å². The van der Waals surface area contributed by atoms with Crippen LogP contribution >= 0.6 is 0 Å². The zero-order chi connectivity index (χ0) is 43.7. The molecular weight excluding hydrogens is 879 g/mol. The molecule has 0 unspecified atom stereocenters. The van der Waals surface area contributed by atoms with E-state index in [0.29, 0.717) is 109 Å². The molecule has 333 valence electrons. The SMILES string of the molecule is C[C](/C=C(/C)C=Cc1ccc(CCC(=O)NCCOCCOCCOCCNCc2ccc(C(=O)Nc3cccc(C4(Cc5nncn5C)COC4)c3)nc2C2CC2)[nH]1)=[Nb]([F])[F]. The molecule has 4 aromatic rings. The molecule has 0 spiro atoms. The average molecular weight is 938 g/mol. The number of hydrogen-bond acceptors (Lipinski definition) is 10. The second kappa shape index (κ2) is 23.8. The fraction of sp³-hybridized carbons (Fsp3) is 0.467. The van der Waals surface area contributed by atoms with Crippen molar-refractivity contribution in [3.05, 3.63) is 112 Å². The Morgan fingerprint density at radius 3 is 2.45 bits per heavy atom.